The van der Waals surface area contributed by atoms with Gasteiger partial charge in [0.2, 0.25) is 0 Å². The first kappa shape index (κ1) is 25.4. The zero-order valence-corrected chi connectivity index (χ0v) is 21.1. The third-order valence-corrected chi connectivity index (χ3v) is 6.29. The fourth-order valence-corrected chi connectivity index (χ4v) is 5.06. The van der Waals surface area contributed by atoms with Gasteiger partial charge in [-0.2, -0.15) is 0 Å². The van der Waals surface area contributed by atoms with Crippen molar-refractivity contribution in [3.63, 3.8) is 0 Å². The fraction of sp³-hybridized carbons (Fsp3) is 0.667. The normalized spacial score (nSPS) is 19.3. The number of benzene rings is 1. The van der Waals surface area contributed by atoms with E-state index in [1.165, 1.54) is 0 Å². The monoisotopic (exact) mass is 450 g/mol. The van der Waals surface area contributed by atoms with Crippen LogP contribution in [0.1, 0.15) is 72.4 Å². The Morgan fingerprint density at radius 1 is 1.06 bits per heavy atom. The molecule has 2 rings (SSSR count). The summed E-state index contributed by atoms with van der Waals surface area (Å²) in [6.07, 6.45) is 1.22. The minimum Gasteiger partial charge on any atom is -0.444 e. The predicted octanol–water partition coefficient (Wildman–Crippen LogP) is 5.99. The van der Waals surface area contributed by atoms with Crippen molar-refractivity contribution in [2.45, 2.75) is 83.9 Å². The summed E-state index contributed by atoms with van der Waals surface area (Å²) in [6.45, 7) is 14.5. The van der Waals surface area contributed by atoms with Gasteiger partial charge in [-0.25, -0.2) is 9.59 Å². The van der Waals surface area contributed by atoms with Gasteiger partial charge in [-0.15, -0.1) is 11.8 Å². The highest BCUT2D eigenvalue weighted by Crippen LogP contribution is 2.48. The molecule has 0 spiro atoms. The van der Waals surface area contributed by atoms with Crippen LogP contribution in [0, 0.1) is 0 Å². The molecule has 6 nitrogen and oxygen atoms in total. The number of hydrogen-bond acceptors (Lipinski definition) is 5. The average molecular weight is 451 g/mol. The van der Waals surface area contributed by atoms with Crippen LogP contribution in [0.2, 0.25) is 0 Å². The number of likely N-dealkylation sites (tertiary alicyclic amines) is 1. The van der Waals surface area contributed by atoms with Gasteiger partial charge in [0.15, 0.2) is 0 Å². The quantitative estimate of drug-likeness (QED) is 0.551. The molecule has 1 aromatic carbocycles. The summed E-state index contributed by atoms with van der Waals surface area (Å²) in [4.78, 5) is 28.2. The van der Waals surface area contributed by atoms with E-state index in [9.17, 15) is 9.59 Å². The molecule has 0 radical (unpaired) electrons. The largest absolute Gasteiger partial charge is 0.444 e. The lowest BCUT2D eigenvalue weighted by Crippen LogP contribution is -2.45. The Balaban J connectivity index is 2.21. The number of ether oxygens (including phenoxy) is 2. The van der Waals surface area contributed by atoms with Crippen LogP contribution in [0.25, 0.3) is 0 Å². The van der Waals surface area contributed by atoms with Crippen molar-refractivity contribution in [2.75, 3.05) is 19.3 Å². The van der Waals surface area contributed by atoms with E-state index in [0.29, 0.717) is 13.1 Å². The Morgan fingerprint density at radius 3 is 2.16 bits per heavy atom. The van der Waals surface area contributed by atoms with Crippen LogP contribution in [0.4, 0.5) is 9.59 Å². The molecule has 1 aromatic rings. The number of amides is 2. The SMILES string of the molecule is CCSC1(c2ccc(CN(C)C(=O)OC(C)(C)C)cc2)CCCN1C(=O)OC(C)(C)C. The van der Waals surface area contributed by atoms with E-state index in [1.54, 1.807) is 23.7 Å². The van der Waals surface area contributed by atoms with E-state index in [2.05, 4.69) is 19.1 Å². The van der Waals surface area contributed by atoms with E-state index < -0.39 is 16.1 Å². The number of nitrogens with zero attached hydrogens (tertiary/aromatic N) is 2. The minimum atomic E-state index is -0.529. The minimum absolute atomic E-state index is 0.264. The van der Waals surface area contributed by atoms with E-state index in [0.717, 1.165) is 29.7 Å². The van der Waals surface area contributed by atoms with Crippen molar-refractivity contribution >= 4 is 23.9 Å². The summed E-state index contributed by atoms with van der Waals surface area (Å²) in [5.41, 5.74) is 1.05. The van der Waals surface area contributed by atoms with Crippen LogP contribution in [-0.4, -0.2) is 52.5 Å². The van der Waals surface area contributed by atoms with Gasteiger partial charge in [0, 0.05) is 20.1 Å². The van der Waals surface area contributed by atoms with Gasteiger partial charge in [0.1, 0.15) is 16.1 Å². The van der Waals surface area contributed by atoms with Gasteiger partial charge in [-0.05, 0) is 71.3 Å². The third kappa shape index (κ3) is 6.79. The summed E-state index contributed by atoms with van der Waals surface area (Å²) in [7, 11) is 1.73. The highest BCUT2D eigenvalue weighted by atomic mass is 32.2. The van der Waals surface area contributed by atoms with Crippen LogP contribution in [0.5, 0.6) is 0 Å². The molecule has 0 saturated carbocycles. The second kappa shape index (κ2) is 9.72. The predicted molar refractivity (Wildman–Crippen MR) is 126 cm³/mol. The molecular weight excluding hydrogens is 412 g/mol. The third-order valence-electron chi connectivity index (χ3n) is 4.86. The smallest absolute Gasteiger partial charge is 0.411 e. The van der Waals surface area contributed by atoms with E-state index in [-0.39, 0.29) is 12.2 Å². The Morgan fingerprint density at radius 2 is 1.65 bits per heavy atom. The zero-order chi connectivity index (χ0) is 23.4. The average Bonchev–Trinajstić information content (AvgIpc) is 3.04. The summed E-state index contributed by atoms with van der Waals surface area (Å²) in [6, 6.07) is 8.20. The second-order valence-corrected chi connectivity index (χ2v) is 11.5. The summed E-state index contributed by atoms with van der Waals surface area (Å²) in [5.74, 6) is 0.891. The summed E-state index contributed by atoms with van der Waals surface area (Å²) >= 11 is 1.77. The van der Waals surface area contributed by atoms with Crippen molar-refractivity contribution in [1.82, 2.24) is 9.80 Å². The number of rotatable bonds is 5. The van der Waals surface area contributed by atoms with Crippen LogP contribution < -0.4 is 0 Å². The van der Waals surface area contributed by atoms with Crippen LogP contribution in [0.3, 0.4) is 0 Å². The number of carbonyl (C=O) groups excluding carboxylic acids is 2. The standard InChI is InChI=1S/C24H38N2O4S/c1-9-31-24(15-10-16-26(24)21(28)30-23(5,6)7)19-13-11-18(12-14-19)17-25(8)20(27)29-22(2,3)4/h11-14H,9-10,15-17H2,1-8H3. The molecule has 2 amide bonds. The molecule has 0 N–H and O–H groups in total. The van der Waals surface area contributed by atoms with Crippen LogP contribution in [0.15, 0.2) is 24.3 Å². The van der Waals surface area contributed by atoms with Gasteiger partial charge in [0.05, 0.1) is 0 Å². The summed E-state index contributed by atoms with van der Waals surface area (Å²) < 4.78 is 11.1. The van der Waals surface area contributed by atoms with E-state index >= 15 is 0 Å². The van der Waals surface area contributed by atoms with E-state index in [4.69, 9.17) is 9.47 Å². The van der Waals surface area contributed by atoms with Crippen molar-refractivity contribution in [3.05, 3.63) is 35.4 Å². The number of carbonyl (C=O) groups is 2. The lowest BCUT2D eigenvalue weighted by atomic mass is 10.0. The fourth-order valence-electron chi connectivity index (χ4n) is 3.67. The van der Waals surface area contributed by atoms with Gasteiger partial charge >= 0.3 is 12.2 Å². The molecule has 31 heavy (non-hydrogen) atoms. The van der Waals surface area contributed by atoms with Gasteiger partial charge in [-0.1, -0.05) is 31.2 Å². The highest BCUT2D eigenvalue weighted by molar-refractivity contribution is 8.00. The molecule has 174 valence electrons. The van der Waals surface area contributed by atoms with Crippen molar-refractivity contribution in [1.29, 1.82) is 0 Å². The van der Waals surface area contributed by atoms with Crippen molar-refractivity contribution in [3.8, 4) is 0 Å². The first-order valence-electron chi connectivity index (χ1n) is 11.0. The topological polar surface area (TPSA) is 59.1 Å². The molecular formula is C24H38N2O4S. The molecule has 7 heteroatoms. The molecule has 1 unspecified atom stereocenters. The van der Waals surface area contributed by atoms with Crippen LogP contribution in [-0.2, 0) is 20.9 Å². The molecule has 0 aliphatic carbocycles. The molecule has 1 saturated heterocycles. The lowest BCUT2D eigenvalue weighted by Gasteiger charge is -2.39. The molecule has 1 fully saturated rings. The molecule has 0 aromatic heterocycles. The maximum Gasteiger partial charge on any atom is 0.411 e. The molecule has 1 heterocycles. The van der Waals surface area contributed by atoms with Crippen molar-refractivity contribution < 1.29 is 19.1 Å². The molecule has 1 atom stereocenters. The number of thioether (sulfide) groups is 1. The molecule has 1 aliphatic heterocycles. The maximum atomic E-state index is 13.0. The van der Waals surface area contributed by atoms with Crippen molar-refractivity contribution in [2.24, 2.45) is 0 Å². The second-order valence-electron chi connectivity index (χ2n) is 9.99. The first-order valence-corrected chi connectivity index (χ1v) is 11.9. The molecule has 1 aliphatic rings. The van der Waals surface area contributed by atoms with Gasteiger partial charge in [0.25, 0.3) is 0 Å². The highest BCUT2D eigenvalue weighted by Gasteiger charge is 2.46. The summed E-state index contributed by atoms with van der Waals surface area (Å²) in [5, 5.41) is 0. The van der Waals surface area contributed by atoms with Gasteiger partial charge < -0.3 is 14.4 Å². The van der Waals surface area contributed by atoms with Crippen LogP contribution >= 0.6 is 11.8 Å². The van der Waals surface area contributed by atoms with E-state index in [1.807, 2.05) is 58.6 Å². The Hall–Kier alpha value is -1.89. The Labute approximate surface area is 191 Å². The van der Waals surface area contributed by atoms with Gasteiger partial charge in [-0.3, -0.25) is 4.90 Å². The Kier molecular flexibility index (Phi) is 7.95. The number of hydrogen-bond donors (Lipinski definition) is 0. The Bertz CT molecular complexity index is 767. The molecule has 0 bridgehead atoms. The zero-order valence-electron chi connectivity index (χ0n) is 20.3. The first-order chi connectivity index (χ1) is 14.3. The lowest BCUT2D eigenvalue weighted by molar-refractivity contribution is 0.0189. The maximum absolute atomic E-state index is 13.0.